The minimum Gasteiger partial charge on any atom is -0.355 e. The van der Waals surface area contributed by atoms with Crippen LogP contribution in [0.3, 0.4) is 0 Å². The van der Waals surface area contributed by atoms with E-state index in [1.54, 1.807) is 6.07 Å². The highest BCUT2D eigenvalue weighted by Gasteiger charge is 1.99. The van der Waals surface area contributed by atoms with Gasteiger partial charge in [0.2, 0.25) is 0 Å². The predicted molar refractivity (Wildman–Crippen MR) is 87.6 cm³/mol. The van der Waals surface area contributed by atoms with Crippen molar-refractivity contribution in [2.75, 3.05) is 0 Å². The van der Waals surface area contributed by atoms with Gasteiger partial charge in [-0.1, -0.05) is 52.3 Å². The van der Waals surface area contributed by atoms with E-state index >= 15 is 0 Å². The number of aromatic nitrogens is 1. The van der Waals surface area contributed by atoms with Crippen molar-refractivity contribution in [1.82, 2.24) is 4.98 Å². The van der Waals surface area contributed by atoms with Gasteiger partial charge >= 0.3 is 0 Å². The molecule has 1 heterocycles. The van der Waals surface area contributed by atoms with Crippen LogP contribution in [-0.4, -0.2) is 4.98 Å². The lowest BCUT2D eigenvalue weighted by Gasteiger charge is -2.01. The predicted octanol–water partition coefficient (Wildman–Crippen LogP) is 4.46. The molecule has 3 rings (SSSR count). The van der Waals surface area contributed by atoms with Gasteiger partial charge in [0.1, 0.15) is 0 Å². The molecule has 0 aliphatic rings. The van der Waals surface area contributed by atoms with Crippen molar-refractivity contribution < 1.29 is 0 Å². The van der Waals surface area contributed by atoms with Crippen LogP contribution in [0.4, 0.5) is 0 Å². The van der Waals surface area contributed by atoms with Gasteiger partial charge in [-0.25, -0.2) is 0 Å². The Morgan fingerprint density at radius 2 is 1.70 bits per heavy atom. The van der Waals surface area contributed by atoms with Crippen molar-refractivity contribution in [3.05, 3.63) is 80.6 Å². The second-order valence-corrected chi connectivity index (χ2v) is 5.34. The third kappa shape index (κ3) is 2.58. The highest BCUT2D eigenvalue weighted by molar-refractivity contribution is 9.10. The largest absolute Gasteiger partial charge is 0.355 e. The van der Waals surface area contributed by atoms with E-state index in [0.29, 0.717) is 5.39 Å². The Morgan fingerprint density at radius 3 is 2.55 bits per heavy atom. The Labute approximate surface area is 124 Å². The van der Waals surface area contributed by atoms with Gasteiger partial charge in [-0.2, -0.15) is 0 Å². The lowest BCUT2D eigenvalue weighted by atomic mass is 10.1. The molecule has 0 radical (unpaired) electrons. The van der Waals surface area contributed by atoms with Crippen LogP contribution in [0.1, 0.15) is 11.3 Å². The van der Waals surface area contributed by atoms with Crippen LogP contribution in [0.5, 0.6) is 0 Å². The molecular formula is C17H12BrNO. The zero-order chi connectivity index (χ0) is 13.9. The van der Waals surface area contributed by atoms with Gasteiger partial charge in [0.25, 0.3) is 0 Å². The molecule has 0 aliphatic heterocycles. The van der Waals surface area contributed by atoms with Crippen molar-refractivity contribution >= 4 is 39.0 Å². The van der Waals surface area contributed by atoms with Crippen molar-refractivity contribution in [2.24, 2.45) is 0 Å². The molecular weight excluding hydrogens is 314 g/mol. The SMILES string of the molecule is O=c1cc(/C=C/c2ccccc2Br)[nH]c2ccccc12. The van der Waals surface area contributed by atoms with Crippen molar-refractivity contribution in [3.63, 3.8) is 0 Å². The minimum atomic E-state index is 0.0335. The smallest absolute Gasteiger partial charge is 0.189 e. The van der Waals surface area contributed by atoms with Crippen LogP contribution in [0.15, 0.2) is 63.9 Å². The summed E-state index contributed by atoms with van der Waals surface area (Å²) in [6.45, 7) is 0. The van der Waals surface area contributed by atoms with Gasteiger partial charge in [-0.15, -0.1) is 0 Å². The number of hydrogen-bond acceptors (Lipinski definition) is 1. The fourth-order valence-electron chi connectivity index (χ4n) is 2.10. The number of aromatic amines is 1. The summed E-state index contributed by atoms with van der Waals surface area (Å²) in [5.74, 6) is 0. The number of H-pyrrole nitrogens is 1. The summed E-state index contributed by atoms with van der Waals surface area (Å²) in [5, 5.41) is 0.713. The quantitative estimate of drug-likeness (QED) is 0.741. The first kappa shape index (κ1) is 12.9. The maximum Gasteiger partial charge on any atom is 0.189 e. The summed E-state index contributed by atoms with van der Waals surface area (Å²) in [5.41, 5.74) is 2.75. The minimum absolute atomic E-state index is 0.0335. The number of rotatable bonds is 2. The zero-order valence-corrected chi connectivity index (χ0v) is 12.2. The topological polar surface area (TPSA) is 32.9 Å². The van der Waals surface area contributed by atoms with E-state index in [-0.39, 0.29) is 5.43 Å². The van der Waals surface area contributed by atoms with Gasteiger partial charge in [0.05, 0.1) is 0 Å². The van der Waals surface area contributed by atoms with Crippen LogP contribution in [0.25, 0.3) is 23.1 Å². The van der Waals surface area contributed by atoms with Crippen LogP contribution in [-0.2, 0) is 0 Å². The van der Waals surface area contributed by atoms with Crippen LogP contribution in [0.2, 0.25) is 0 Å². The number of pyridine rings is 1. The maximum atomic E-state index is 12.0. The number of hydrogen-bond donors (Lipinski definition) is 1. The van der Waals surface area contributed by atoms with Gasteiger partial charge in [-0.3, -0.25) is 4.79 Å². The van der Waals surface area contributed by atoms with Gasteiger partial charge in [0, 0.05) is 27.1 Å². The molecule has 1 aromatic heterocycles. The molecule has 0 aliphatic carbocycles. The van der Waals surface area contributed by atoms with Crippen molar-refractivity contribution in [1.29, 1.82) is 0 Å². The highest BCUT2D eigenvalue weighted by Crippen LogP contribution is 2.18. The molecule has 0 bridgehead atoms. The molecule has 20 heavy (non-hydrogen) atoms. The fraction of sp³-hybridized carbons (Fsp3) is 0. The second-order valence-electron chi connectivity index (χ2n) is 4.49. The lowest BCUT2D eigenvalue weighted by molar-refractivity contribution is 1.35. The van der Waals surface area contributed by atoms with Gasteiger partial charge in [-0.05, 0) is 29.8 Å². The number of para-hydroxylation sites is 1. The molecule has 0 spiro atoms. The summed E-state index contributed by atoms with van der Waals surface area (Å²) in [6, 6.07) is 17.1. The van der Waals surface area contributed by atoms with E-state index in [9.17, 15) is 4.79 Å². The average molecular weight is 326 g/mol. The lowest BCUT2D eigenvalue weighted by Crippen LogP contribution is -2.02. The number of benzene rings is 2. The molecule has 0 atom stereocenters. The number of fused-ring (bicyclic) bond motifs is 1. The van der Waals surface area contributed by atoms with E-state index in [2.05, 4.69) is 20.9 Å². The molecule has 0 saturated carbocycles. The number of halogens is 1. The number of nitrogens with one attached hydrogen (secondary N) is 1. The molecule has 0 amide bonds. The summed E-state index contributed by atoms with van der Waals surface area (Å²) in [4.78, 5) is 15.3. The summed E-state index contributed by atoms with van der Waals surface area (Å²) in [6.07, 6.45) is 3.89. The maximum absolute atomic E-state index is 12.0. The first-order chi connectivity index (χ1) is 9.74. The molecule has 2 nitrogen and oxygen atoms in total. The standard InChI is InChI=1S/C17H12BrNO/c18-15-7-3-1-5-12(15)9-10-13-11-17(20)14-6-2-4-8-16(14)19-13/h1-11H,(H,19,20)/b10-9+. The molecule has 3 heteroatoms. The van der Waals surface area contributed by atoms with Crippen molar-refractivity contribution in [2.45, 2.75) is 0 Å². The average Bonchev–Trinajstić information content (AvgIpc) is 2.46. The van der Waals surface area contributed by atoms with E-state index in [0.717, 1.165) is 21.2 Å². The Hall–Kier alpha value is -2.13. The first-order valence-corrected chi connectivity index (χ1v) is 7.08. The van der Waals surface area contributed by atoms with Gasteiger partial charge < -0.3 is 4.98 Å². The molecule has 1 N–H and O–H groups in total. The van der Waals surface area contributed by atoms with Gasteiger partial charge in [0.15, 0.2) is 5.43 Å². The monoisotopic (exact) mass is 325 g/mol. The van der Waals surface area contributed by atoms with E-state index in [1.165, 1.54) is 0 Å². The molecule has 0 saturated heterocycles. The highest BCUT2D eigenvalue weighted by atomic mass is 79.9. The normalized spacial score (nSPS) is 11.2. The molecule has 98 valence electrons. The summed E-state index contributed by atoms with van der Waals surface area (Å²) >= 11 is 3.50. The zero-order valence-electron chi connectivity index (χ0n) is 10.6. The van der Waals surface area contributed by atoms with Crippen LogP contribution in [0, 0.1) is 0 Å². The third-order valence-electron chi connectivity index (χ3n) is 3.11. The molecule has 0 fully saturated rings. The van der Waals surface area contributed by atoms with Crippen LogP contribution < -0.4 is 5.43 Å². The van der Waals surface area contributed by atoms with Crippen molar-refractivity contribution in [3.8, 4) is 0 Å². The summed E-state index contributed by atoms with van der Waals surface area (Å²) in [7, 11) is 0. The third-order valence-corrected chi connectivity index (χ3v) is 3.83. The Balaban J connectivity index is 2.04. The molecule has 0 unspecified atom stereocenters. The van der Waals surface area contributed by atoms with E-state index in [1.807, 2.05) is 60.7 Å². The molecule has 3 aromatic rings. The fourth-order valence-corrected chi connectivity index (χ4v) is 2.51. The van der Waals surface area contributed by atoms with Crippen LogP contribution >= 0.6 is 15.9 Å². The summed E-state index contributed by atoms with van der Waals surface area (Å²) < 4.78 is 1.03. The second kappa shape index (κ2) is 5.47. The Morgan fingerprint density at radius 1 is 0.950 bits per heavy atom. The van der Waals surface area contributed by atoms with E-state index in [4.69, 9.17) is 0 Å². The molecule has 2 aromatic carbocycles. The van der Waals surface area contributed by atoms with E-state index < -0.39 is 0 Å². The Kier molecular flexibility index (Phi) is 3.52. The Bertz CT molecular complexity index is 849. The first-order valence-electron chi connectivity index (χ1n) is 6.29.